The third kappa shape index (κ3) is 3.40. The molecule has 0 amide bonds. The highest BCUT2D eigenvalue weighted by molar-refractivity contribution is 9.08. The van der Waals surface area contributed by atoms with Crippen LogP contribution in [0.1, 0.15) is 18.4 Å². The minimum absolute atomic E-state index is 0.630. The van der Waals surface area contributed by atoms with Crippen molar-refractivity contribution in [3.05, 3.63) is 28.8 Å². The molecule has 2 rings (SSSR count). The normalized spacial score (nSPS) is 19.8. The van der Waals surface area contributed by atoms with Crippen molar-refractivity contribution in [2.75, 3.05) is 31.7 Å². The van der Waals surface area contributed by atoms with Gasteiger partial charge in [0.05, 0.1) is 6.61 Å². The molecule has 18 heavy (non-hydrogen) atoms. The predicted octanol–water partition coefficient (Wildman–Crippen LogP) is 4.10. The summed E-state index contributed by atoms with van der Waals surface area (Å²) in [6.45, 7) is 2.83. The Balaban J connectivity index is 2.07. The van der Waals surface area contributed by atoms with E-state index in [1.165, 1.54) is 24.1 Å². The van der Waals surface area contributed by atoms with E-state index in [1.54, 1.807) is 0 Å². The van der Waals surface area contributed by atoms with E-state index in [9.17, 15) is 0 Å². The van der Waals surface area contributed by atoms with E-state index in [1.807, 2.05) is 12.1 Å². The van der Waals surface area contributed by atoms with Gasteiger partial charge in [0.15, 0.2) is 0 Å². The fourth-order valence-corrected chi connectivity index (χ4v) is 3.46. The number of hydrogen-bond acceptors (Lipinski definition) is 2. The van der Waals surface area contributed by atoms with Crippen LogP contribution >= 0.6 is 27.5 Å². The molecule has 0 saturated carbocycles. The second-order valence-corrected chi connectivity index (χ2v) is 5.80. The fraction of sp³-hybridized carbons (Fsp3) is 0.571. The van der Waals surface area contributed by atoms with E-state index in [0.717, 1.165) is 30.1 Å². The molecule has 0 bridgehead atoms. The Kier molecular flexibility index (Phi) is 5.34. The van der Waals surface area contributed by atoms with Gasteiger partial charge in [0.25, 0.3) is 0 Å². The highest BCUT2D eigenvalue weighted by Crippen LogP contribution is 2.30. The molecule has 2 nitrogen and oxygen atoms in total. The van der Waals surface area contributed by atoms with Crippen LogP contribution in [0.2, 0.25) is 5.02 Å². The first-order valence-electron chi connectivity index (χ1n) is 6.34. The summed E-state index contributed by atoms with van der Waals surface area (Å²) in [5, 5.41) is 1.61. The average molecular weight is 333 g/mol. The molecule has 0 aliphatic carbocycles. The Morgan fingerprint density at radius 1 is 1.50 bits per heavy atom. The summed E-state index contributed by atoms with van der Waals surface area (Å²) in [6.07, 6.45) is 2.44. The lowest BCUT2D eigenvalue weighted by atomic mass is 10.0. The number of nitrogens with zero attached hydrogens (tertiary/aromatic N) is 1. The Hall–Kier alpha value is -0.250. The summed E-state index contributed by atoms with van der Waals surface area (Å²) < 4.78 is 5.54. The fourth-order valence-electron chi connectivity index (χ4n) is 2.47. The monoisotopic (exact) mass is 331 g/mol. The van der Waals surface area contributed by atoms with Crippen LogP contribution in [0.25, 0.3) is 0 Å². The summed E-state index contributed by atoms with van der Waals surface area (Å²) in [5.41, 5.74) is 2.38. The van der Waals surface area contributed by atoms with Gasteiger partial charge in [-0.1, -0.05) is 33.6 Å². The van der Waals surface area contributed by atoms with E-state index in [0.29, 0.717) is 5.92 Å². The first-order valence-corrected chi connectivity index (χ1v) is 7.84. The maximum atomic E-state index is 6.23. The third-order valence-electron chi connectivity index (χ3n) is 3.43. The van der Waals surface area contributed by atoms with Gasteiger partial charge in [-0.2, -0.15) is 0 Å². The number of rotatable bonds is 4. The first-order chi connectivity index (χ1) is 8.72. The largest absolute Gasteiger partial charge is 0.381 e. The van der Waals surface area contributed by atoms with Crippen molar-refractivity contribution in [1.82, 2.24) is 0 Å². The number of benzene rings is 1. The Morgan fingerprint density at radius 2 is 2.33 bits per heavy atom. The molecule has 0 aromatic heterocycles. The van der Waals surface area contributed by atoms with Crippen LogP contribution < -0.4 is 4.90 Å². The second kappa shape index (κ2) is 6.78. The molecule has 1 saturated heterocycles. The molecule has 1 aromatic carbocycles. The van der Waals surface area contributed by atoms with Crippen molar-refractivity contribution >= 4 is 33.2 Å². The summed E-state index contributed by atoms with van der Waals surface area (Å²) in [4.78, 5) is 2.29. The quantitative estimate of drug-likeness (QED) is 0.770. The molecule has 1 fully saturated rings. The molecule has 4 heteroatoms. The molecule has 1 heterocycles. The van der Waals surface area contributed by atoms with Crippen LogP contribution in [0.5, 0.6) is 0 Å². The molecule has 1 aliphatic heterocycles. The molecular formula is C14H19BrClNO. The number of hydrogen-bond donors (Lipinski definition) is 0. The molecule has 0 spiro atoms. The second-order valence-electron chi connectivity index (χ2n) is 4.83. The van der Waals surface area contributed by atoms with Gasteiger partial charge in [-0.05, 0) is 30.9 Å². The van der Waals surface area contributed by atoms with Crippen molar-refractivity contribution in [3.8, 4) is 0 Å². The summed E-state index contributed by atoms with van der Waals surface area (Å²) in [7, 11) is 2.13. The average Bonchev–Trinajstić information content (AvgIpc) is 2.39. The van der Waals surface area contributed by atoms with E-state index < -0.39 is 0 Å². The molecule has 1 aromatic rings. The molecule has 1 unspecified atom stereocenters. The third-order valence-corrected chi connectivity index (χ3v) is 4.34. The molecular weight excluding hydrogens is 314 g/mol. The van der Waals surface area contributed by atoms with E-state index in [2.05, 4.69) is 33.9 Å². The summed E-state index contributed by atoms with van der Waals surface area (Å²) in [6, 6.07) is 6.09. The van der Waals surface area contributed by atoms with E-state index in [-0.39, 0.29) is 0 Å². The van der Waals surface area contributed by atoms with Gasteiger partial charge in [0.2, 0.25) is 0 Å². The maximum absolute atomic E-state index is 6.23. The van der Waals surface area contributed by atoms with Crippen molar-refractivity contribution in [2.45, 2.75) is 18.2 Å². The van der Waals surface area contributed by atoms with Crippen molar-refractivity contribution in [3.63, 3.8) is 0 Å². The zero-order chi connectivity index (χ0) is 13.0. The lowest BCUT2D eigenvalue weighted by Crippen LogP contribution is -2.31. The number of ether oxygens (including phenoxy) is 1. The van der Waals surface area contributed by atoms with Crippen molar-refractivity contribution in [1.29, 1.82) is 0 Å². The lowest BCUT2D eigenvalue weighted by Gasteiger charge is -2.29. The minimum atomic E-state index is 0.630. The Labute approximate surface area is 122 Å². The van der Waals surface area contributed by atoms with Gasteiger partial charge in [0, 0.05) is 41.8 Å². The smallest absolute Gasteiger partial charge is 0.0511 e. The Morgan fingerprint density at radius 3 is 3.00 bits per heavy atom. The molecule has 1 atom stereocenters. The Bertz CT molecular complexity index is 393. The topological polar surface area (TPSA) is 12.5 Å². The van der Waals surface area contributed by atoms with Gasteiger partial charge in [0.1, 0.15) is 0 Å². The van der Waals surface area contributed by atoms with Gasteiger partial charge < -0.3 is 9.64 Å². The van der Waals surface area contributed by atoms with E-state index in [4.69, 9.17) is 16.3 Å². The molecule has 1 aliphatic rings. The number of halogens is 2. The highest BCUT2D eigenvalue weighted by atomic mass is 79.9. The summed E-state index contributed by atoms with van der Waals surface area (Å²) in [5.74, 6) is 0.630. The zero-order valence-corrected chi connectivity index (χ0v) is 13.0. The molecule has 0 N–H and O–H groups in total. The molecule has 100 valence electrons. The first kappa shape index (κ1) is 14.2. The highest BCUT2D eigenvalue weighted by Gasteiger charge is 2.18. The standard InChI is InChI=1S/C14H19BrClNO/c1-17(9-11-4-3-7-18-10-11)14-6-2-5-13(16)12(14)8-15/h2,5-6,11H,3-4,7-10H2,1H3. The van der Waals surface area contributed by atoms with Crippen LogP contribution in [0, 0.1) is 5.92 Å². The van der Waals surface area contributed by atoms with Gasteiger partial charge in [-0.3, -0.25) is 0 Å². The van der Waals surface area contributed by atoms with Crippen LogP contribution in [0.4, 0.5) is 5.69 Å². The predicted molar refractivity (Wildman–Crippen MR) is 80.9 cm³/mol. The van der Waals surface area contributed by atoms with Crippen molar-refractivity contribution in [2.24, 2.45) is 5.92 Å². The minimum Gasteiger partial charge on any atom is -0.381 e. The van der Waals surface area contributed by atoms with Crippen LogP contribution in [-0.4, -0.2) is 26.8 Å². The van der Waals surface area contributed by atoms with Crippen LogP contribution in [0.3, 0.4) is 0 Å². The molecule has 0 radical (unpaired) electrons. The number of anilines is 1. The van der Waals surface area contributed by atoms with Gasteiger partial charge in [-0.25, -0.2) is 0 Å². The summed E-state index contributed by atoms with van der Waals surface area (Å²) >= 11 is 9.75. The van der Waals surface area contributed by atoms with Gasteiger partial charge >= 0.3 is 0 Å². The van der Waals surface area contributed by atoms with Gasteiger partial charge in [-0.15, -0.1) is 0 Å². The zero-order valence-electron chi connectivity index (χ0n) is 10.7. The maximum Gasteiger partial charge on any atom is 0.0511 e. The lowest BCUT2D eigenvalue weighted by molar-refractivity contribution is 0.0576. The van der Waals surface area contributed by atoms with Crippen LogP contribution in [0.15, 0.2) is 18.2 Å². The van der Waals surface area contributed by atoms with Crippen LogP contribution in [-0.2, 0) is 10.1 Å². The van der Waals surface area contributed by atoms with E-state index >= 15 is 0 Å². The SMILES string of the molecule is CN(CC1CCCOC1)c1cccc(Cl)c1CBr. The van der Waals surface area contributed by atoms with Crippen molar-refractivity contribution < 1.29 is 4.74 Å². The number of alkyl halides is 1.